The number of nitrogens with two attached hydrogens (primary N) is 1. The Morgan fingerprint density at radius 3 is 2.78 bits per heavy atom. The fourth-order valence-corrected chi connectivity index (χ4v) is 1.92. The average molecular weight is 268 g/mol. The summed E-state index contributed by atoms with van der Waals surface area (Å²) in [5.41, 5.74) is 6.15. The molecule has 0 fully saturated rings. The molecule has 0 aliphatic carbocycles. The standard InChI is InChI=1S/C12H16N2O3S/c1-2-3-8-14-18(15,16)10-9-17-12-7-5-4-6-11(12)13/h4-7,14H,8-10,13H2,1H3. The van der Waals surface area contributed by atoms with Crippen molar-refractivity contribution in [1.82, 2.24) is 4.72 Å². The molecule has 6 heteroatoms. The van der Waals surface area contributed by atoms with Gasteiger partial charge < -0.3 is 10.5 Å². The van der Waals surface area contributed by atoms with Crippen molar-refractivity contribution in [3.05, 3.63) is 24.3 Å². The van der Waals surface area contributed by atoms with Crippen molar-refractivity contribution in [3.63, 3.8) is 0 Å². The molecule has 98 valence electrons. The first-order chi connectivity index (χ1) is 8.55. The minimum atomic E-state index is -3.36. The zero-order valence-corrected chi connectivity index (χ0v) is 11.0. The first-order valence-corrected chi connectivity index (χ1v) is 7.04. The number of hydrogen-bond donors (Lipinski definition) is 2. The highest BCUT2D eigenvalue weighted by Crippen LogP contribution is 2.19. The molecule has 0 aromatic heterocycles. The van der Waals surface area contributed by atoms with Crippen LogP contribution in [0, 0.1) is 11.8 Å². The lowest BCUT2D eigenvalue weighted by molar-refractivity contribution is 0.342. The van der Waals surface area contributed by atoms with Gasteiger partial charge in [-0.05, 0) is 19.1 Å². The van der Waals surface area contributed by atoms with Crippen LogP contribution in [-0.4, -0.2) is 27.3 Å². The molecule has 0 spiro atoms. The molecule has 0 aliphatic rings. The van der Waals surface area contributed by atoms with Gasteiger partial charge in [-0.2, -0.15) is 0 Å². The molecule has 1 rings (SSSR count). The summed E-state index contributed by atoms with van der Waals surface area (Å²) in [6, 6.07) is 6.94. The number of nitrogen functional groups attached to an aromatic ring is 1. The maximum Gasteiger partial charge on any atom is 0.215 e. The van der Waals surface area contributed by atoms with Crippen LogP contribution in [0.5, 0.6) is 5.75 Å². The van der Waals surface area contributed by atoms with Crippen LogP contribution in [0.25, 0.3) is 0 Å². The molecular weight excluding hydrogens is 252 g/mol. The Kier molecular flexibility index (Phi) is 5.49. The van der Waals surface area contributed by atoms with E-state index in [0.717, 1.165) is 0 Å². The van der Waals surface area contributed by atoms with Crippen LogP contribution in [0.2, 0.25) is 0 Å². The van der Waals surface area contributed by atoms with Crippen LogP contribution in [0.15, 0.2) is 24.3 Å². The molecule has 0 atom stereocenters. The second-order valence-corrected chi connectivity index (χ2v) is 5.38. The normalized spacial score (nSPS) is 10.5. The van der Waals surface area contributed by atoms with Gasteiger partial charge in [0.05, 0.1) is 18.0 Å². The van der Waals surface area contributed by atoms with Crippen LogP contribution in [-0.2, 0) is 10.0 Å². The van der Waals surface area contributed by atoms with Crippen molar-refractivity contribution in [2.75, 3.05) is 24.6 Å². The topological polar surface area (TPSA) is 81.4 Å². The van der Waals surface area contributed by atoms with E-state index in [1.54, 1.807) is 31.2 Å². The highest BCUT2D eigenvalue weighted by atomic mass is 32.2. The first-order valence-electron chi connectivity index (χ1n) is 5.39. The molecule has 3 N–H and O–H groups in total. The molecule has 0 unspecified atom stereocenters. The molecule has 0 amide bonds. The summed E-state index contributed by atoms with van der Waals surface area (Å²) in [5, 5.41) is 0. The Balaban J connectivity index is 2.41. The number of benzene rings is 1. The lowest BCUT2D eigenvalue weighted by Crippen LogP contribution is -2.29. The average Bonchev–Trinajstić information content (AvgIpc) is 2.32. The van der Waals surface area contributed by atoms with Crippen molar-refractivity contribution < 1.29 is 13.2 Å². The third-order valence-corrected chi connectivity index (χ3v) is 3.37. The number of rotatable bonds is 6. The predicted octanol–water partition coefficient (Wildman–Crippen LogP) is 0.590. The molecule has 0 radical (unpaired) electrons. The van der Waals surface area contributed by atoms with E-state index in [1.165, 1.54) is 0 Å². The monoisotopic (exact) mass is 268 g/mol. The Hall–Kier alpha value is -1.71. The van der Waals surface area contributed by atoms with Gasteiger partial charge in [0.1, 0.15) is 12.4 Å². The van der Waals surface area contributed by atoms with E-state index in [9.17, 15) is 8.42 Å². The van der Waals surface area contributed by atoms with E-state index in [2.05, 4.69) is 16.6 Å². The number of anilines is 1. The molecule has 0 saturated heterocycles. The van der Waals surface area contributed by atoms with Crippen LogP contribution in [0.1, 0.15) is 6.92 Å². The van der Waals surface area contributed by atoms with Gasteiger partial charge in [0.25, 0.3) is 0 Å². The summed E-state index contributed by atoms with van der Waals surface area (Å²) < 4.78 is 30.6. The maximum absolute atomic E-state index is 11.5. The van der Waals surface area contributed by atoms with Crippen LogP contribution >= 0.6 is 0 Å². The summed E-state index contributed by atoms with van der Waals surface area (Å²) in [5.74, 6) is 5.58. The number of nitrogens with one attached hydrogen (secondary N) is 1. The first kappa shape index (κ1) is 14.4. The van der Waals surface area contributed by atoms with Gasteiger partial charge in [-0.1, -0.05) is 18.1 Å². The Morgan fingerprint density at radius 1 is 1.39 bits per heavy atom. The van der Waals surface area contributed by atoms with Gasteiger partial charge in [0.15, 0.2) is 0 Å². The van der Waals surface area contributed by atoms with Gasteiger partial charge >= 0.3 is 0 Å². The van der Waals surface area contributed by atoms with Gasteiger partial charge in [-0.3, -0.25) is 0 Å². The molecule has 0 heterocycles. The fraction of sp³-hybridized carbons (Fsp3) is 0.333. The molecule has 0 saturated carbocycles. The van der Waals surface area contributed by atoms with Gasteiger partial charge in [0.2, 0.25) is 10.0 Å². The van der Waals surface area contributed by atoms with E-state index < -0.39 is 10.0 Å². The van der Waals surface area contributed by atoms with E-state index in [1.807, 2.05) is 0 Å². The van der Waals surface area contributed by atoms with Crippen molar-refractivity contribution in [2.24, 2.45) is 0 Å². The summed E-state index contributed by atoms with van der Waals surface area (Å²) >= 11 is 0. The van der Waals surface area contributed by atoms with Gasteiger partial charge in [-0.15, -0.1) is 5.92 Å². The smallest absolute Gasteiger partial charge is 0.215 e. The summed E-state index contributed by atoms with van der Waals surface area (Å²) in [6.45, 7) is 1.81. The number of para-hydroxylation sites is 2. The minimum Gasteiger partial charge on any atom is -0.490 e. The largest absolute Gasteiger partial charge is 0.490 e. The van der Waals surface area contributed by atoms with Crippen molar-refractivity contribution in [3.8, 4) is 17.6 Å². The van der Waals surface area contributed by atoms with E-state index in [4.69, 9.17) is 10.5 Å². The van der Waals surface area contributed by atoms with E-state index in [-0.39, 0.29) is 18.9 Å². The lowest BCUT2D eigenvalue weighted by atomic mass is 10.3. The van der Waals surface area contributed by atoms with Crippen LogP contribution in [0.3, 0.4) is 0 Å². The third kappa shape index (κ3) is 5.08. The summed E-state index contributed by atoms with van der Waals surface area (Å²) in [7, 11) is -3.36. The van der Waals surface area contributed by atoms with Gasteiger partial charge in [0, 0.05) is 0 Å². The number of sulfonamides is 1. The SMILES string of the molecule is CC#CCNS(=O)(=O)CCOc1ccccc1N. The second kappa shape index (κ2) is 6.89. The van der Waals surface area contributed by atoms with Gasteiger partial charge in [-0.25, -0.2) is 13.1 Å². The predicted molar refractivity (Wildman–Crippen MR) is 71.6 cm³/mol. The summed E-state index contributed by atoms with van der Waals surface area (Å²) in [4.78, 5) is 0. The Labute approximate surface area is 107 Å². The van der Waals surface area contributed by atoms with Crippen molar-refractivity contribution in [2.45, 2.75) is 6.92 Å². The Morgan fingerprint density at radius 2 is 2.11 bits per heavy atom. The molecule has 5 nitrogen and oxygen atoms in total. The molecule has 0 aliphatic heterocycles. The number of hydrogen-bond acceptors (Lipinski definition) is 4. The van der Waals surface area contributed by atoms with E-state index in [0.29, 0.717) is 11.4 Å². The molecule has 1 aromatic rings. The highest BCUT2D eigenvalue weighted by molar-refractivity contribution is 7.89. The van der Waals surface area contributed by atoms with Crippen LogP contribution < -0.4 is 15.2 Å². The minimum absolute atomic E-state index is 0.0447. The lowest BCUT2D eigenvalue weighted by Gasteiger charge is -2.08. The number of ether oxygens (including phenoxy) is 1. The third-order valence-electron chi connectivity index (χ3n) is 2.09. The van der Waals surface area contributed by atoms with E-state index >= 15 is 0 Å². The zero-order chi connectivity index (χ0) is 13.4. The van der Waals surface area contributed by atoms with Crippen molar-refractivity contribution in [1.29, 1.82) is 0 Å². The quantitative estimate of drug-likeness (QED) is 0.584. The second-order valence-electron chi connectivity index (χ2n) is 3.45. The Bertz CT molecular complexity index is 544. The summed E-state index contributed by atoms with van der Waals surface area (Å²) in [6.07, 6.45) is 0. The molecule has 0 bridgehead atoms. The molecule has 18 heavy (non-hydrogen) atoms. The van der Waals surface area contributed by atoms with Crippen molar-refractivity contribution >= 4 is 15.7 Å². The fourth-order valence-electron chi connectivity index (χ4n) is 1.18. The highest BCUT2D eigenvalue weighted by Gasteiger charge is 2.09. The zero-order valence-electron chi connectivity index (χ0n) is 10.1. The van der Waals surface area contributed by atoms with Crippen LogP contribution in [0.4, 0.5) is 5.69 Å². The maximum atomic E-state index is 11.5. The molecule has 1 aromatic carbocycles. The molecular formula is C12H16N2O3S.